The number of halogens is 2. The van der Waals surface area contributed by atoms with Gasteiger partial charge in [-0.3, -0.25) is 0 Å². The third kappa shape index (κ3) is 84500. The first kappa shape index (κ1) is 36.4. The maximum absolute atomic E-state index is 7.50. The minimum absolute atomic E-state index is 0.125. The van der Waals surface area contributed by atoms with E-state index in [2.05, 4.69) is 46.5 Å². The molecule has 0 heterocycles. The predicted molar refractivity (Wildman–Crippen MR) is 52.2 cm³/mol. The van der Waals surface area contributed by atoms with Gasteiger partial charge in [-0.1, -0.05) is 0 Å². The van der Waals surface area contributed by atoms with E-state index in [0.717, 1.165) is 0 Å². The third-order valence-corrected chi connectivity index (χ3v) is 0. The summed E-state index contributed by atoms with van der Waals surface area (Å²) in [4.78, 5) is 0. The SMILES string of the molecule is CC#N.CC#N.[Br][W][Br].[C-]#[O+].[C-]#[O+].[C-]#[O+]. The molecule has 0 bridgehead atoms. The summed E-state index contributed by atoms with van der Waals surface area (Å²) < 4.78 is 22.5. The quantitative estimate of drug-likeness (QED) is 0.370. The van der Waals surface area contributed by atoms with Crippen LogP contribution in [0.3, 0.4) is 0 Å². The molecule has 0 aliphatic carbocycles. The first-order valence-electron chi connectivity index (χ1n) is 2.37. The molecular weight excluding hydrogens is 504 g/mol. The monoisotopic (exact) mass is 508 g/mol. The summed E-state index contributed by atoms with van der Waals surface area (Å²) in [6.45, 7) is 16.4. The molecule has 0 atom stereocenters. The van der Waals surface area contributed by atoms with E-state index in [1.807, 2.05) is 0 Å². The van der Waals surface area contributed by atoms with E-state index in [9.17, 15) is 0 Å². The fourth-order valence-corrected chi connectivity index (χ4v) is 0. The zero-order valence-corrected chi connectivity index (χ0v) is 13.9. The van der Waals surface area contributed by atoms with Crippen molar-refractivity contribution in [2.24, 2.45) is 0 Å². The van der Waals surface area contributed by atoms with Crippen LogP contribution < -0.4 is 0 Å². The van der Waals surface area contributed by atoms with Crippen molar-refractivity contribution in [3.05, 3.63) is 20.0 Å². The van der Waals surface area contributed by atoms with Crippen LogP contribution in [0.4, 0.5) is 0 Å². The molecule has 0 saturated heterocycles. The Morgan fingerprint density at radius 2 is 0.867 bits per heavy atom. The molecule has 0 spiro atoms. The first-order chi connectivity index (χ1) is 7.24. The zero-order valence-electron chi connectivity index (χ0n) is 7.78. The molecule has 82 valence electrons. The summed E-state index contributed by atoms with van der Waals surface area (Å²) in [5, 5.41) is 14.6. The molecule has 0 unspecified atom stereocenters. The molecule has 0 aromatic carbocycles. The van der Waals surface area contributed by atoms with Gasteiger partial charge in [-0.2, -0.15) is 10.5 Å². The van der Waals surface area contributed by atoms with Crippen molar-refractivity contribution in [2.45, 2.75) is 13.8 Å². The van der Waals surface area contributed by atoms with Crippen molar-refractivity contribution < 1.29 is 28.4 Å². The van der Waals surface area contributed by atoms with Gasteiger partial charge in [0.15, 0.2) is 0 Å². The van der Waals surface area contributed by atoms with E-state index in [0.29, 0.717) is 0 Å². The van der Waals surface area contributed by atoms with Crippen molar-refractivity contribution in [2.75, 3.05) is 0 Å². The molecule has 0 aliphatic rings. The summed E-state index contributed by atoms with van der Waals surface area (Å²) in [6, 6.07) is 3.50. The minimum atomic E-state index is -0.125. The van der Waals surface area contributed by atoms with Gasteiger partial charge in [0, 0.05) is 13.8 Å². The molecule has 0 aromatic heterocycles. The average molecular weight is 510 g/mol. The molecule has 0 N–H and O–H groups in total. The molecule has 0 radical (unpaired) electrons. The summed E-state index contributed by atoms with van der Waals surface area (Å²) in [7, 11) is 0. The van der Waals surface area contributed by atoms with Crippen molar-refractivity contribution in [3.63, 3.8) is 0 Å². The molecule has 0 aliphatic heterocycles. The molecule has 8 heteroatoms. The number of hydrogen-bond donors (Lipinski definition) is 0. The Hall–Kier alpha value is -0.152. The molecule has 0 aromatic rings. The Kier molecular flexibility index (Phi) is 683. The van der Waals surface area contributed by atoms with Crippen molar-refractivity contribution >= 4 is 26.6 Å². The van der Waals surface area contributed by atoms with E-state index in [4.69, 9.17) is 24.5 Å². The van der Waals surface area contributed by atoms with Crippen LogP contribution in [-0.4, -0.2) is 0 Å². The van der Waals surface area contributed by atoms with E-state index in [-0.39, 0.29) is 14.5 Å². The second-order valence-electron chi connectivity index (χ2n) is 0.506. The van der Waals surface area contributed by atoms with Crippen LogP contribution in [-0.2, 0) is 28.4 Å². The molecular formula is C7H6Br2N2O3W. The second kappa shape index (κ2) is 282. The van der Waals surface area contributed by atoms with Crippen molar-refractivity contribution in [1.82, 2.24) is 0 Å². The van der Waals surface area contributed by atoms with E-state index < -0.39 is 0 Å². The summed E-state index contributed by atoms with van der Waals surface area (Å²) in [5.41, 5.74) is 0. The number of nitriles is 2. The summed E-state index contributed by atoms with van der Waals surface area (Å²) in [6.07, 6.45) is 0. The average Bonchev–Trinajstić information content (AvgIpc) is 2.29. The molecule has 0 amide bonds. The van der Waals surface area contributed by atoms with E-state index >= 15 is 0 Å². The molecule has 5 nitrogen and oxygen atoms in total. The Bertz CT molecular complexity index is 167. The Balaban J connectivity index is -0.0000000164. The molecule has 0 saturated carbocycles. The zero-order chi connectivity index (χ0) is 14.1. The van der Waals surface area contributed by atoms with Crippen molar-refractivity contribution in [1.29, 1.82) is 10.5 Å². The van der Waals surface area contributed by atoms with Gasteiger partial charge in [0.1, 0.15) is 0 Å². The third-order valence-electron chi connectivity index (χ3n) is 0. The molecule has 15 heavy (non-hydrogen) atoms. The van der Waals surface area contributed by atoms with Crippen LogP contribution in [0.5, 0.6) is 0 Å². The topological polar surface area (TPSA) is 107 Å². The standard InChI is InChI=1S/2C2H3N.3CO.2BrH.W/c2*1-2-3;3*1-2;;;/h2*1H3;;;;2*1H;/q;;;;;;;+2/p-2. The van der Waals surface area contributed by atoms with Crippen LogP contribution in [0.15, 0.2) is 0 Å². The Morgan fingerprint density at radius 3 is 0.867 bits per heavy atom. The van der Waals surface area contributed by atoms with Crippen LogP contribution in [0, 0.1) is 42.6 Å². The fourth-order valence-electron chi connectivity index (χ4n) is 0. The van der Waals surface area contributed by atoms with Gasteiger partial charge in [-0.05, 0) is 0 Å². The van der Waals surface area contributed by atoms with Gasteiger partial charge in [0.25, 0.3) is 0 Å². The van der Waals surface area contributed by atoms with Crippen LogP contribution >= 0.6 is 26.6 Å². The van der Waals surface area contributed by atoms with Crippen LogP contribution in [0.2, 0.25) is 0 Å². The van der Waals surface area contributed by atoms with Crippen molar-refractivity contribution in [3.8, 4) is 12.1 Å². The normalized spacial score (nSPS) is 2.67. The van der Waals surface area contributed by atoms with E-state index in [1.54, 1.807) is 12.1 Å². The Labute approximate surface area is 111 Å². The van der Waals surface area contributed by atoms with Gasteiger partial charge in [-0.15, -0.1) is 0 Å². The summed E-state index contributed by atoms with van der Waals surface area (Å²) in [5.74, 6) is 0. The number of hydrogen-bond acceptors (Lipinski definition) is 2. The second-order valence-corrected chi connectivity index (χ2v) is 13.3. The predicted octanol–water partition coefficient (Wildman–Crippen LogP) is 2.64. The summed E-state index contributed by atoms with van der Waals surface area (Å²) >= 11 is 6.33. The maximum atomic E-state index is 7.50. The Morgan fingerprint density at radius 1 is 0.867 bits per heavy atom. The van der Waals surface area contributed by atoms with E-state index in [1.165, 1.54) is 13.8 Å². The van der Waals surface area contributed by atoms with Gasteiger partial charge in [-0.25, -0.2) is 0 Å². The number of rotatable bonds is 0. The first-order valence-corrected chi connectivity index (χ1v) is 15.2. The van der Waals surface area contributed by atoms with Crippen LogP contribution in [0.25, 0.3) is 0 Å². The fraction of sp³-hybridized carbons (Fsp3) is 0.286. The van der Waals surface area contributed by atoms with Crippen LogP contribution in [0.1, 0.15) is 13.8 Å². The molecule has 0 rings (SSSR count). The molecule has 0 fully saturated rings. The van der Waals surface area contributed by atoms with Gasteiger partial charge < -0.3 is 0 Å². The van der Waals surface area contributed by atoms with Gasteiger partial charge in [0.05, 0.1) is 12.1 Å². The van der Waals surface area contributed by atoms with Gasteiger partial charge in [0.2, 0.25) is 0 Å². The number of nitrogens with zero attached hydrogens (tertiary/aromatic N) is 2. The van der Waals surface area contributed by atoms with Gasteiger partial charge >= 0.3 is 75.0 Å².